The van der Waals surface area contributed by atoms with E-state index in [4.69, 9.17) is 11.6 Å². The summed E-state index contributed by atoms with van der Waals surface area (Å²) in [6.07, 6.45) is 3.05. The third-order valence-corrected chi connectivity index (χ3v) is 3.27. The van der Waals surface area contributed by atoms with Crippen molar-refractivity contribution in [2.75, 3.05) is 5.88 Å². The molecule has 1 aliphatic rings. The van der Waals surface area contributed by atoms with Crippen LogP contribution in [0.15, 0.2) is 11.6 Å². The Morgan fingerprint density at radius 2 is 2.38 bits per heavy atom. The summed E-state index contributed by atoms with van der Waals surface area (Å²) in [4.78, 5) is 11.3. The van der Waals surface area contributed by atoms with Crippen LogP contribution in [0.2, 0.25) is 0 Å². The summed E-state index contributed by atoms with van der Waals surface area (Å²) >= 11 is 5.63. The molecule has 0 heterocycles. The highest BCUT2D eigenvalue weighted by atomic mass is 35.5. The van der Waals surface area contributed by atoms with Crippen LogP contribution in [0.25, 0.3) is 0 Å². The fourth-order valence-electron chi connectivity index (χ4n) is 1.48. The molecule has 0 radical (unpaired) electrons. The molecule has 1 aliphatic carbocycles. The van der Waals surface area contributed by atoms with Gasteiger partial charge in [0.1, 0.15) is 0 Å². The number of rotatable bonds is 2. The highest BCUT2D eigenvalue weighted by molar-refractivity contribution is 6.18. The Morgan fingerprint density at radius 1 is 1.77 bits per heavy atom. The van der Waals surface area contributed by atoms with Gasteiger partial charge in [-0.05, 0) is 31.8 Å². The zero-order valence-corrected chi connectivity index (χ0v) is 8.77. The lowest BCUT2D eigenvalue weighted by Gasteiger charge is -2.32. The summed E-state index contributed by atoms with van der Waals surface area (Å²) < 4.78 is 0. The third-order valence-electron chi connectivity index (χ3n) is 2.73. The minimum Gasteiger partial charge on any atom is -0.389 e. The van der Waals surface area contributed by atoms with Crippen molar-refractivity contribution in [1.82, 2.24) is 0 Å². The number of aliphatic hydroxyl groups is 1. The molecule has 2 unspecified atom stereocenters. The molecule has 2 atom stereocenters. The van der Waals surface area contributed by atoms with Gasteiger partial charge in [0.2, 0.25) is 0 Å². The van der Waals surface area contributed by atoms with Crippen LogP contribution >= 0.6 is 11.6 Å². The number of allylic oxidation sites excluding steroid dienone is 2. The Bertz CT molecular complexity index is 243. The van der Waals surface area contributed by atoms with Crippen LogP contribution in [0, 0.1) is 5.92 Å². The lowest BCUT2D eigenvalue weighted by molar-refractivity contribution is -0.119. The van der Waals surface area contributed by atoms with Crippen molar-refractivity contribution in [3.05, 3.63) is 11.6 Å². The molecule has 3 heteroatoms. The summed E-state index contributed by atoms with van der Waals surface area (Å²) in [5.41, 5.74) is -0.115. The van der Waals surface area contributed by atoms with E-state index in [0.29, 0.717) is 6.42 Å². The standard InChI is InChI=1S/C10H15ClO2/c1-7-3-4-8(5-9(7)12)10(2,13)6-11/h3,8,13H,4-6H2,1-2H3. The van der Waals surface area contributed by atoms with Gasteiger partial charge in [0, 0.05) is 6.42 Å². The van der Waals surface area contributed by atoms with Gasteiger partial charge in [0.15, 0.2) is 5.78 Å². The second-order valence-electron chi connectivity index (χ2n) is 3.94. The fourth-order valence-corrected chi connectivity index (χ4v) is 1.70. The van der Waals surface area contributed by atoms with Crippen molar-refractivity contribution in [2.45, 2.75) is 32.3 Å². The molecule has 74 valence electrons. The van der Waals surface area contributed by atoms with Gasteiger partial charge in [-0.3, -0.25) is 4.79 Å². The van der Waals surface area contributed by atoms with Gasteiger partial charge in [0.25, 0.3) is 0 Å². The summed E-state index contributed by atoms with van der Waals surface area (Å²) in [7, 11) is 0. The number of hydrogen-bond acceptors (Lipinski definition) is 2. The van der Waals surface area contributed by atoms with Crippen LogP contribution in [0.3, 0.4) is 0 Å². The first-order chi connectivity index (χ1) is 5.97. The fraction of sp³-hybridized carbons (Fsp3) is 0.700. The first-order valence-electron chi connectivity index (χ1n) is 4.45. The molecule has 13 heavy (non-hydrogen) atoms. The van der Waals surface area contributed by atoms with Crippen molar-refractivity contribution >= 4 is 17.4 Å². The van der Waals surface area contributed by atoms with Gasteiger partial charge in [-0.25, -0.2) is 0 Å². The number of halogens is 1. The maximum atomic E-state index is 11.3. The first kappa shape index (κ1) is 10.7. The molecule has 0 saturated heterocycles. The molecule has 1 rings (SSSR count). The first-order valence-corrected chi connectivity index (χ1v) is 4.99. The van der Waals surface area contributed by atoms with E-state index in [0.717, 1.165) is 12.0 Å². The van der Waals surface area contributed by atoms with E-state index in [1.807, 2.05) is 13.0 Å². The Hall–Kier alpha value is -0.340. The molecule has 0 amide bonds. The van der Waals surface area contributed by atoms with Crippen LogP contribution in [-0.2, 0) is 4.79 Å². The molecular weight excluding hydrogens is 188 g/mol. The molecular formula is C10H15ClO2. The molecule has 0 aliphatic heterocycles. The van der Waals surface area contributed by atoms with Crippen molar-refractivity contribution < 1.29 is 9.90 Å². The number of ketones is 1. The normalized spacial score (nSPS) is 28.2. The molecule has 1 N–H and O–H groups in total. The molecule has 0 saturated carbocycles. The van der Waals surface area contributed by atoms with E-state index >= 15 is 0 Å². The minimum atomic E-state index is -0.922. The largest absolute Gasteiger partial charge is 0.389 e. The van der Waals surface area contributed by atoms with Crippen molar-refractivity contribution in [3.63, 3.8) is 0 Å². The van der Waals surface area contributed by atoms with Crippen molar-refractivity contribution in [1.29, 1.82) is 0 Å². The van der Waals surface area contributed by atoms with Gasteiger partial charge in [0.05, 0.1) is 11.5 Å². The number of alkyl halides is 1. The Labute approximate surface area is 83.6 Å². The average Bonchev–Trinajstić information content (AvgIpc) is 2.09. The zero-order valence-electron chi connectivity index (χ0n) is 8.01. The van der Waals surface area contributed by atoms with Crippen LogP contribution < -0.4 is 0 Å². The number of hydrogen-bond donors (Lipinski definition) is 1. The van der Waals surface area contributed by atoms with Gasteiger partial charge in [-0.1, -0.05) is 6.08 Å². The monoisotopic (exact) mass is 202 g/mol. The summed E-state index contributed by atoms with van der Waals surface area (Å²) in [6.45, 7) is 3.50. The maximum Gasteiger partial charge on any atom is 0.158 e. The lowest BCUT2D eigenvalue weighted by Crippen LogP contribution is -2.39. The topological polar surface area (TPSA) is 37.3 Å². The highest BCUT2D eigenvalue weighted by Crippen LogP contribution is 2.30. The molecule has 0 aromatic carbocycles. The van der Waals surface area contributed by atoms with Gasteiger partial charge >= 0.3 is 0 Å². The van der Waals surface area contributed by atoms with E-state index in [1.54, 1.807) is 6.92 Å². The molecule has 0 spiro atoms. The molecule has 0 fully saturated rings. The van der Waals surface area contributed by atoms with E-state index in [9.17, 15) is 9.90 Å². The Kier molecular flexibility index (Phi) is 3.14. The van der Waals surface area contributed by atoms with Crippen LogP contribution in [0.1, 0.15) is 26.7 Å². The number of carbonyl (C=O) groups is 1. The Morgan fingerprint density at radius 3 is 2.85 bits per heavy atom. The third kappa shape index (κ3) is 2.32. The van der Waals surface area contributed by atoms with E-state index in [1.165, 1.54) is 0 Å². The van der Waals surface area contributed by atoms with Gasteiger partial charge in [-0.2, -0.15) is 0 Å². The van der Waals surface area contributed by atoms with Crippen molar-refractivity contribution in [2.24, 2.45) is 5.92 Å². The number of Topliss-reactive ketones (excluding diaryl/α,β-unsaturated/α-hetero) is 1. The number of carbonyl (C=O) groups excluding carboxylic acids is 1. The molecule has 0 aromatic rings. The smallest absolute Gasteiger partial charge is 0.158 e. The quantitative estimate of drug-likeness (QED) is 0.695. The maximum absolute atomic E-state index is 11.3. The predicted octanol–water partition coefficient (Wildman–Crippen LogP) is 1.90. The lowest BCUT2D eigenvalue weighted by atomic mass is 9.79. The van der Waals surface area contributed by atoms with E-state index < -0.39 is 5.60 Å². The van der Waals surface area contributed by atoms with Crippen LogP contribution in [-0.4, -0.2) is 22.4 Å². The average molecular weight is 203 g/mol. The van der Waals surface area contributed by atoms with E-state index in [-0.39, 0.29) is 17.6 Å². The highest BCUT2D eigenvalue weighted by Gasteiger charge is 2.34. The summed E-state index contributed by atoms with van der Waals surface area (Å²) in [5, 5.41) is 9.84. The second kappa shape index (κ2) is 3.81. The van der Waals surface area contributed by atoms with Gasteiger partial charge in [-0.15, -0.1) is 11.6 Å². The van der Waals surface area contributed by atoms with Crippen molar-refractivity contribution in [3.8, 4) is 0 Å². The van der Waals surface area contributed by atoms with E-state index in [2.05, 4.69) is 0 Å². The Balaban J connectivity index is 2.73. The predicted molar refractivity (Wildman–Crippen MR) is 52.8 cm³/mol. The molecule has 2 nitrogen and oxygen atoms in total. The molecule has 0 bridgehead atoms. The molecule has 0 aromatic heterocycles. The SMILES string of the molecule is CC1=CCC(C(C)(O)CCl)CC1=O. The summed E-state index contributed by atoms with van der Waals surface area (Å²) in [6, 6.07) is 0. The second-order valence-corrected chi connectivity index (χ2v) is 4.21. The summed E-state index contributed by atoms with van der Waals surface area (Å²) in [5.74, 6) is 0.278. The minimum absolute atomic E-state index is 0.0267. The van der Waals surface area contributed by atoms with Crippen LogP contribution in [0.5, 0.6) is 0 Å². The zero-order chi connectivity index (χ0) is 10.1. The van der Waals surface area contributed by atoms with Gasteiger partial charge < -0.3 is 5.11 Å². The van der Waals surface area contributed by atoms with Crippen LogP contribution in [0.4, 0.5) is 0 Å².